The quantitative estimate of drug-likeness (QED) is 0.166. The Kier molecular flexibility index (Phi) is 8.97. The molecular formula is C51H44Cl2. The Bertz CT molecular complexity index is 2620. The summed E-state index contributed by atoms with van der Waals surface area (Å²) < 4.78 is 0. The van der Waals surface area contributed by atoms with Crippen LogP contribution in [0, 0.1) is 10.4 Å². The molecule has 6 aromatic carbocycles. The SMILES string of the molecule is CC(C)(C)c1cc2c(cc1-c1ccccc1)=Cc1c(C3=CC=CC3)c(-c3ccccc3)c(C(C)(C)C)c(=C(c3ccc(Cl)cc3)c3ccc(Cl)cc3)c1=2. The van der Waals surface area contributed by atoms with Crippen molar-refractivity contribution in [3.8, 4) is 22.3 Å². The van der Waals surface area contributed by atoms with Gasteiger partial charge in [-0.2, -0.15) is 0 Å². The number of rotatable bonds is 5. The van der Waals surface area contributed by atoms with Crippen molar-refractivity contribution in [2.75, 3.05) is 0 Å². The van der Waals surface area contributed by atoms with Crippen LogP contribution in [0.2, 0.25) is 10.0 Å². The molecule has 0 unspecified atom stereocenters. The highest BCUT2D eigenvalue weighted by atomic mass is 35.5. The molecule has 6 aromatic rings. The van der Waals surface area contributed by atoms with E-state index in [0.29, 0.717) is 10.0 Å². The van der Waals surface area contributed by atoms with Crippen LogP contribution in [0.1, 0.15) is 81.3 Å². The second-order valence-electron chi connectivity index (χ2n) is 16.4. The molecular weight excluding hydrogens is 683 g/mol. The minimum absolute atomic E-state index is 0.0976. The van der Waals surface area contributed by atoms with Gasteiger partial charge in [-0.1, -0.05) is 168 Å². The van der Waals surface area contributed by atoms with Crippen molar-refractivity contribution in [2.24, 2.45) is 0 Å². The van der Waals surface area contributed by atoms with E-state index in [4.69, 9.17) is 23.2 Å². The summed E-state index contributed by atoms with van der Waals surface area (Å²) in [6.45, 7) is 14.1. The lowest BCUT2D eigenvalue weighted by Crippen LogP contribution is -2.30. The molecule has 0 amide bonds. The summed E-state index contributed by atoms with van der Waals surface area (Å²) in [5.41, 5.74) is 14.7. The van der Waals surface area contributed by atoms with Gasteiger partial charge in [0.25, 0.3) is 0 Å². The third-order valence-electron chi connectivity index (χ3n) is 10.6. The first-order valence-electron chi connectivity index (χ1n) is 18.5. The largest absolute Gasteiger partial charge is 0.0843 e. The van der Waals surface area contributed by atoms with Crippen LogP contribution >= 0.6 is 23.2 Å². The summed E-state index contributed by atoms with van der Waals surface area (Å²) >= 11 is 13.1. The van der Waals surface area contributed by atoms with E-state index in [9.17, 15) is 0 Å². The van der Waals surface area contributed by atoms with Gasteiger partial charge in [0.2, 0.25) is 0 Å². The first-order chi connectivity index (χ1) is 25.4. The Balaban J connectivity index is 1.74. The zero-order valence-electron chi connectivity index (χ0n) is 31.3. The van der Waals surface area contributed by atoms with Crippen molar-refractivity contribution in [1.82, 2.24) is 0 Å². The highest BCUT2D eigenvalue weighted by Crippen LogP contribution is 2.43. The van der Waals surface area contributed by atoms with E-state index in [0.717, 1.165) is 17.5 Å². The molecule has 0 saturated carbocycles. The van der Waals surface area contributed by atoms with Gasteiger partial charge in [-0.25, -0.2) is 0 Å². The molecule has 0 aromatic heterocycles. The highest BCUT2D eigenvalue weighted by Gasteiger charge is 2.31. The fraction of sp³-hybridized carbons (Fsp3) is 0.176. The maximum atomic E-state index is 6.57. The predicted octanol–water partition coefficient (Wildman–Crippen LogP) is 12.9. The van der Waals surface area contributed by atoms with E-state index in [1.165, 1.54) is 76.5 Å². The topological polar surface area (TPSA) is 0 Å². The fourth-order valence-corrected chi connectivity index (χ4v) is 8.58. The van der Waals surface area contributed by atoms with Crippen molar-refractivity contribution in [3.05, 3.63) is 204 Å². The van der Waals surface area contributed by atoms with E-state index in [2.05, 4.69) is 163 Å². The van der Waals surface area contributed by atoms with Gasteiger partial charge in [0.05, 0.1) is 0 Å². The molecule has 0 atom stereocenters. The summed E-state index contributed by atoms with van der Waals surface area (Å²) in [6, 6.07) is 43.6. The van der Waals surface area contributed by atoms with E-state index >= 15 is 0 Å². The van der Waals surface area contributed by atoms with Crippen molar-refractivity contribution in [3.63, 3.8) is 0 Å². The van der Waals surface area contributed by atoms with Crippen LogP contribution in [-0.4, -0.2) is 0 Å². The van der Waals surface area contributed by atoms with Crippen molar-refractivity contribution in [2.45, 2.75) is 58.8 Å². The predicted molar refractivity (Wildman–Crippen MR) is 228 cm³/mol. The molecule has 0 bridgehead atoms. The van der Waals surface area contributed by atoms with Crippen LogP contribution in [-0.2, 0) is 10.8 Å². The molecule has 0 saturated heterocycles. The average molecular weight is 728 g/mol. The summed E-state index contributed by atoms with van der Waals surface area (Å²) in [5, 5.41) is 6.50. The normalized spacial score (nSPS) is 13.4. The monoisotopic (exact) mass is 726 g/mol. The molecule has 0 radical (unpaired) electrons. The van der Waals surface area contributed by atoms with Crippen LogP contribution < -0.4 is 10.4 Å². The van der Waals surface area contributed by atoms with Gasteiger partial charge in [-0.05, 0) is 147 Å². The number of allylic oxidation sites excluding steroid dienone is 4. The average Bonchev–Trinajstić information content (AvgIpc) is 3.81. The lowest BCUT2D eigenvalue weighted by atomic mass is 9.73. The van der Waals surface area contributed by atoms with Crippen molar-refractivity contribution < 1.29 is 0 Å². The van der Waals surface area contributed by atoms with Gasteiger partial charge in [-0.15, -0.1) is 0 Å². The molecule has 53 heavy (non-hydrogen) atoms. The molecule has 0 nitrogen and oxygen atoms in total. The minimum Gasteiger partial charge on any atom is -0.0843 e. The van der Waals surface area contributed by atoms with E-state index in [-0.39, 0.29) is 10.8 Å². The number of fused-ring (bicyclic) bond motifs is 2. The zero-order valence-corrected chi connectivity index (χ0v) is 32.8. The maximum Gasteiger partial charge on any atom is 0.0406 e. The Morgan fingerprint density at radius 3 is 1.68 bits per heavy atom. The molecule has 0 N–H and O–H groups in total. The van der Waals surface area contributed by atoms with Gasteiger partial charge in [0.15, 0.2) is 0 Å². The highest BCUT2D eigenvalue weighted by molar-refractivity contribution is 6.31. The summed E-state index contributed by atoms with van der Waals surface area (Å²) in [5.74, 6) is 0. The lowest BCUT2D eigenvalue weighted by molar-refractivity contribution is 0.586. The number of benzene rings is 6. The maximum absolute atomic E-state index is 6.57. The molecule has 2 aliphatic carbocycles. The molecule has 0 fully saturated rings. The number of hydrogen-bond acceptors (Lipinski definition) is 0. The van der Waals surface area contributed by atoms with Gasteiger partial charge in [-0.3, -0.25) is 0 Å². The molecule has 0 aliphatic heterocycles. The zero-order chi connectivity index (χ0) is 37.1. The van der Waals surface area contributed by atoms with Gasteiger partial charge in [0.1, 0.15) is 0 Å². The van der Waals surface area contributed by atoms with Gasteiger partial charge >= 0.3 is 0 Å². The molecule has 262 valence electrons. The van der Waals surface area contributed by atoms with Crippen LogP contribution in [0.4, 0.5) is 0 Å². The number of hydrogen-bond donors (Lipinski definition) is 0. The molecule has 0 heterocycles. The van der Waals surface area contributed by atoms with E-state index in [1.54, 1.807) is 0 Å². The second-order valence-corrected chi connectivity index (χ2v) is 17.2. The van der Waals surface area contributed by atoms with E-state index < -0.39 is 0 Å². The lowest BCUT2D eigenvalue weighted by Gasteiger charge is -2.30. The first kappa shape index (κ1) is 35.2. The fourth-order valence-electron chi connectivity index (χ4n) is 8.33. The van der Waals surface area contributed by atoms with Crippen LogP contribution in [0.25, 0.3) is 39.5 Å². The van der Waals surface area contributed by atoms with Crippen LogP contribution in [0.15, 0.2) is 140 Å². The molecule has 0 spiro atoms. The molecule has 2 aliphatic rings. The third-order valence-corrected chi connectivity index (χ3v) is 11.1. The Morgan fingerprint density at radius 2 is 1.17 bits per heavy atom. The summed E-state index contributed by atoms with van der Waals surface area (Å²) in [7, 11) is 0. The third kappa shape index (κ3) is 6.43. The van der Waals surface area contributed by atoms with Gasteiger partial charge in [0, 0.05) is 10.0 Å². The Hall–Kier alpha value is -4.88. The Labute approximate surface area is 323 Å². The van der Waals surface area contributed by atoms with E-state index in [1.807, 2.05) is 24.3 Å². The number of halogens is 2. The minimum atomic E-state index is -0.249. The molecule has 8 rings (SSSR count). The standard InChI is InChI=1S/C51H44Cl2/c1-50(2,3)43-31-41-37(29-40(43)32-15-9-7-10-16-32)30-42-45(33-19-13-14-20-33)46(34-17-11-8-12-18-34)49(51(4,5)6)48(47(41)42)44(35-21-25-38(52)26-22-35)36-23-27-39(53)28-24-36/h7-19,21-31H,20H2,1-6H3. The van der Waals surface area contributed by atoms with Crippen LogP contribution in [0.5, 0.6) is 0 Å². The first-order valence-corrected chi connectivity index (χ1v) is 19.3. The second kappa shape index (κ2) is 13.5. The summed E-state index contributed by atoms with van der Waals surface area (Å²) in [6.07, 6.45) is 10.2. The summed E-state index contributed by atoms with van der Waals surface area (Å²) in [4.78, 5) is 0. The van der Waals surface area contributed by atoms with Crippen LogP contribution in [0.3, 0.4) is 0 Å². The van der Waals surface area contributed by atoms with Crippen molar-refractivity contribution in [1.29, 1.82) is 0 Å². The van der Waals surface area contributed by atoms with Gasteiger partial charge < -0.3 is 0 Å². The Morgan fingerprint density at radius 1 is 0.604 bits per heavy atom. The smallest absolute Gasteiger partial charge is 0.0406 e. The van der Waals surface area contributed by atoms with Crippen molar-refractivity contribution >= 4 is 40.4 Å². The molecule has 2 heteroatoms.